The van der Waals surface area contributed by atoms with Gasteiger partial charge in [0.15, 0.2) is 0 Å². The van der Waals surface area contributed by atoms with Crippen molar-refractivity contribution in [2.24, 2.45) is 5.73 Å². The topological polar surface area (TPSA) is 35.2 Å². The van der Waals surface area contributed by atoms with Crippen molar-refractivity contribution in [3.63, 3.8) is 0 Å². The number of nitrogens with two attached hydrogens (primary N) is 1. The van der Waals surface area contributed by atoms with E-state index >= 15 is 0 Å². The van der Waals surface area contributed by atoms with Crippen molar-refractivity contribution in [1.82, 2.24) is 0 Å². The Balaban J connectivity index is 2.50. The molecule has 2 heteroatoms. The van der Waals surface area contributed by atoms with Gasteiger partial charge in [-0.2, -0.15) is 0 Å². The molecule has 1 aromatic carbocycles. The predicted molar refractivity (Wildman–Crippen MR) is 73.5 cm³/mol. The summed E-state index contributed by atoms with van der Waals surface area (Å²) in [6.45, 7) is 7.29. The van der Waals surface area contributed by atoms with Gasteiger partial charge < -0.3 is 10.5 Å². The molecule has 0 aliphatic carbocycles. The maximum absolute atomic E-state index is 5.83. The molecule has 0 aromatic heterocycles. The van der Waals surface area contributed by atoms with E-state index in [1.807, 2.05) is 0 Å². The lowest BCUT2D eigenvalue weighted by atomic mass is 9.99. The van der Waals surface area contributed by atoms with Crippen molar-refractivity contribution in [3.8, 4) is 5.75 Å². The minimum absolute atomic E-state index is 0.244. The molecule has 2 unspecified atom stereocenters. The summed E-state index contributed by atoms with van der Waals surface area (Å²) in [4.78, 5) is 0. The summed E-state index contributed by atoms with van der Waals surface area (Å²) in [5, 5.41) is 0. The average molecular weight is 235 g/mol. The minimum atomic E-state index is 0.244. The van der Waals surface area contributed by atoms with Crippen LogP contribution in [0.1, 0.15) is 51.5 Å². The molecule has 2 N–H and O–H groups in total. The summed E-state index contributed by atoms with van der Waals surface area (Å²) in [7, 11) is 0. The Kier molecular flexibility index (Phi) is 6.06. The van der Waals surface area contributed by atoms with E-state index in [0.29, 0.717) is 5.92 Å². The van der Waals surface area contributed by atoms with Crippen LogP contribution in [0, 0.1) is 0 Å². The lowest BCUT2D eigenvalue weighted by Crippen LogP contribution is -2.13. The van der Waals surface area contributed by atoms with Crippen LogP contribution in [0.25, 0.3) is 0 Å². The van der Waals surface area contributed by atoms with Crippen LogP contribution in [0.3, 0.4) is 0 Å². The number of benzene rings is 1. The first-order valence-corrected chi connectivity index (χ1v) is 6.64. The Labute approximate surface area is 105 Å². The first-order chi connectivity index (χ1) is 8.17. The smallest absolute Gasteiger partial charge is 0.119 e. The second-order valence-corrected chi connectivity index (χ2v) is 4.74. The van der Waals surface area contributed by atoms with Crippen molar-refractivity contribution in [3.05, 3.63) is 29.8 Å². The molecule has 96 valence electrons. The number of rotatable bonds is 7. The van der Waals surface area contributed by atoms with Crippen molar-refractivity contribution in [2.75, 3.05) is 6.54 Å². The van der Waals surface area contributed by atoms with Crippen LogP contribution in [0.2, 0.25) is 0 Å². The molecule has 1 aromatic rings. The Morgan fingerprint density at radius 2 is 1.82 bits per heavy atom. The Morgan fingerprint density at radius 3 is 2.35 bits per heavy atom. The number of hydrogen-bond donors (Lipinski definition) is 1. The zero-order valence-corrected chi connectivity index (χ0v) is 11.3. The first-order valence-electron chi connectivity index (χ1n) is 6.64. The van der Waals surface area contributed by atoms with Crippen LogP contribution in [-0.2, 0) is 0 Å². The van der Waals surface area contributed by atoms with E-state index in [0.717, 1.165) is 25.1 Å². The van der Waals surface area contributed by atoms with Gasteiger partial charge in [-0.3, -0.25) is 0 Å². The summed E-state index contributed by atoms with van der Waals surface area (Å²) >= 11 is 0. The third-order valence-corrected chi connectivity index (χ3v) is 3.21. The van der Waals surface area contributed by atoms with Crippen LogP contribution < -0.4 is 10.5 Å². The zero-order valence-electron chi connectivity index (χ0n) is 11.3. The van der Waals surface area contributed by atoms with Gasteiger partial charge in [0.05, 0.1) is 6.10 Å². The largest absolute Gasteiger partial charge is 0.491 e. The molecule has 0 radical (unpaired) electrons. The van der Waals surface area contributed by atoms with Crippen molar-refractivity contribution < 1.29 is 4.74 Å². The van der Waals surface area contributed by atoms with Crippen LogP contribution in [-0.4, -0.2) is 12.6 Å². The second kappa shape index (κ2) is 7.33. The summed E-state index contributed by atoms with van der Waals surface area (Å²) in [5.41, 5.74) is 6.87. The molecule has 0 heterocycles. The molecule has 0 amide bonds. The van der Waals surface area contributed by atoms with Gasteiger partial charge in [-0.15, -0.1) is 0 Å². The molecule has 0 fully saturated rings. The maximum atomic E-state index is 5.83. The number of ether oxygens (including phenoxy) is 1. The summed E-state index contributed by atoms with van der Waals surface area (Å²) in [6, 6.07) is 8.47. The molecule has 1 rings (SSSR count). The highest BCUT2D eigenvalue weighted by Gasteiger charge is 2.05. The Morgan fingerprint density at radius 1 is 1.18 bits per heavy atom. The SMILES string of the molecule is CCC(C)c1ccc(OC(C)CCCN)cc1. The van der Waals surface area contributed by atoms with Gasteiger partial charge in [-0.05, 0) is 56.3 Å². The molecule has 0 saturated heterocycles. The highest BCUT2D eigenvalue weighted by Crippen LogP contribution is 2.22. The molecular formula is C15H25NO. The molecule has 0 saturated carbocycles. The van der Waals surface area contributed by atoms with Gasteiger partial charge in [0.2, 0.25) is 0 Å². The highest BCUT2D eigenvalue weighted by atomic mass is 16.5. The first kappa shape index (κ1) is 14.0. The molecule has 17 heavy (non-hydrogen) atoms. The van der Waals surface area contributed by atoms with Crippen molar-refractivity contribution in [1.29, 1.82) is 0 Å². The Bertz CT molecular complexity index is 307. The van der Waals surface area contributed by atoms with Gasteiger partial charge in [0.1, 0.15) is 5.75 Å². The van der Waals surface area contributed by atoms with Crippen LogP contribution in [0.15, 0.2) is 24.3 Å². The fourth-order valence-corrected chi connectivity index (χ4v) is 1.81. The third kappa shape index (κ3) is 4.78. The van der Waals surface area contributed by atoms with E-state index in [-0.39, 0.29) is 6.10 Å². The fourth-order valence-electron chi connectivity index (χ4n) is 1.81. The highest BCUT2D eigenvalue weighted by molar-refractivity contribution is 5.29. The van der Waals surface area contributed by atoms with E-state index in [4.69, 9.17) is 10.5 Å². The van der Waals surface area contributed by atoms with E-state index in [2.05, 4.69) is 45.0 Å². The molecule has 0 bridgehead atoms. The molecule has 0 aliphatic rings. The molecule has 0 aliphatic heterocycles. The Hall–Kier alpha value is -1.02. The van der Waals surface area contributed by atoms with Crippen LogP contribution in [0.5, 0.6) is 5.75 Å². The van der Waals surface area contributed by atoms with Crippen molar-refractivity contribution >= 4 is 0 Å². The summed E-state index contributed by atoms with van der Waals surface area (Å²) < 4.78 is 5.83. The molecular weight excluding hydrogens is 210 g/mol. The third-order valence-electron chi connectivity index (χ3n) is 3.21. The normalized spacial score (nSPS) is 14.4. The zero-order chi connectivity index (χ0) is 12.7. The van der Waals surface area contributed by atoms with E-state index in [9.17, 15) is 0 Å². The van der Waals surface area contributed by atoms with Crippen molar-refractivity contribution in [2.45, 2.75) is 52.1 Å². The summed E-state index contributed by atoms with van der Waals surface area (Å²) in [5.74, 6) is 1.58. The second-order valence-electron chi connectivity index (χ2n) is 4.74. The minimum Gasteiger partial charge on any atom is -0.491 e. The fraction of sp³-hybridized carbons (Fsp3) is 0.600. The van der Waals surface area contributed by atoms with E-state index in [1.165, 1.54) is 12.0 Å². The average Bonchev–Trinajstić information content (AvgIpc) is 2.36. The van der Waals surface area contributed by atoms with Gasteiger partial charge in [0, 0.05) is 0 Å². The van der Waals surface area contributed by atoms with Gasteiger partial charge in [-0.1, -0.05) is 26.0 Å². The van der Waals surface area contributed by atoms with Gasteiger partial charge in [0.25, 0.3) is 0 Å². The number of hydrogen-bond acceptors (Lipinski definition) is 2. The molecule has 2 atom stereocenters. The van der Waals surface area contributed by atoms with E-state index < -0.39 is 0 Å². The lowest BCUT2D eigenvalue weighted by Gasteiger charge is -2.15. The van der Waals surface area contributed by atoms with Gasteiger partial charge in [-0.25, -0.2) is 0 Å². The van der Waals surface area contributed by atoms with Gasteiger partial charge >= 0.3 is 0 Å². The lowest BCUT2D eigenvalue weighted by molar-refractivity contribution is 0.208. The maximum Gasteiger partial charge on any atom is 0.119 e. The van der Waals surface area contributed by atoms with Crippen LogP contribution in [0.4, 0.5) is 0 Å². The predicted octanol–water partition coefficient (Wildman–Crippen LogP) is 3.71. The molecule has 2 nitrogen and oxygen atoms in total. The van der Waals surface area contributed by atoms with Crippen LogP contribution >= 0.6 is 0 Å². The quantitative estimate of drug-likeness (QED) is 0.782. The molecule has 0 spiro atoms. The monoisotopic (exact) mass is 235 g/mol. The summed E-state index contributed by atoms with van der Waals surface area (Å²) in [6.07, 6.45) is 3.45. The van der Waals surface area contributed by atoms with E-state index in [1.54, 1.807) is 0 Å². The standard InChI is InChI=1S/C15H25NO/c1-4-12(2)14-7-9-15(10-8-14)17-13(3)6-5-11-16/h7-10,12-13H,4-6,11,16H2,1-3H3.